The van der Waals surface area contributed by atoms with Gasteiger partial charge in [-0.3, -0.25) is 0 Å². The molecule has 0 aliphatic rings. The Balaban J connectivity index is 2.10. The van der Waals surface area contributed by atoms with Gasteiger partial charge in [0.05, 0.1) is 15.9 Å². The first-order valence-corrected chi connectivity index (χ1v) is 8.40. The summed E-state index contributed by atoms with van der Waals surface area (Å²) in [6, 6.07) is 10.3. The van der Waals surface area contributed by atoms with E-state index in [2.05, 4.69) is 61.5 Å². The number of halogens is 2. The monoisotopic (exact) mass is 404 g/mol. The second-order valence-corrected chi connectivity index (χ2v) is 6.66. The minimum atomic E-state index is 0.219. The molecule has 0 aliphatic heterocycles. The van der Waals surface area contributed by atoms with Crippen molar-refractivity contribution in [3.63, 3.8) is 0 Å². The third-order valence-electron chi connectivity index (χ3n) is 2.59. The first kappa shape index (κ1) is 15.0. The van der Waals surface area contributed by atoms with Crippen molar-refractivity contribution in [2.75, 3.05) is 20.3 Å². The van der Waals surface area contributed by atoms with Crippen molar-refractivity contribution in [3.8, 4) is 5.75 Å². The summed E-state index contributed by atoms with van der Waals surface area (Å²) in [6.45, 7) is 1.14. The molecule has 2 rings (SSSR count). The predicted molar refractivity (Wildman–Crippen MR) is 86.6 cm³/mol. The van der Waals surface area contributed by atoms with Crippen LogP contribution in [0.15, 0.2) is 40.2 Å². The van der Waals surface area contributed by atoms with Gasteiger partial charge in [0.1, 0.15) is 12.4 Å². The Bertz CT molecular complexity index is 514. The average Bonchev–Trinajstić information content (AvgIpc) is 2.94. The third-order valence-corrected chi connectivity index (χ3v) is 5.47. The third kappa shape index (κ3) is 4.05. The topological polar surface area (TPSA) is 18.5 Å². The number of ether oxygens (including phenoxy) is 2. The molecule has 0 saturated heterocycles. The Morgan fingerprint density at radius 3 is 2.74 bits per heavy atom. The van der Waals surface area contributed by atoms with E-state index in [0.717, 1.165) is 10.2 Å². The van der Waals surface area contributed by atoms with Crippen LogP contribution in [0.1, 0.15) is 15.3 Å². The fourth-order valence-corrected chi connectivity index (χ4v) is 3.63. The summed E-state index contributed by atoms with van der Waals surface area (Å²) in [5.74, 6) is 0.840. The number of hydrogen-bond donors (Lipinski definition) is 0. The second-order valence-electron chi connectivity index (χ2n) is 3.91. The van der Waals surface area contributed by atoms with Crippen molar-refractivity contribution < 1.29 is 9.47 Å². The summed E-state index contributed by atoms with van der Waals surface area (Å²) < 4.78 is 11.5. The lowest BCUT2D eigenvalue weighted by Gasteiger charge is -2.12. The molecule has 0 radical (unpaired) electrons. The maximum atomic E-state index is 5.62. The van der Waals surface area contributed by atoms with Crippen molar-refractivity contribution in [3.05, 3.63) is 50.6 Å². The van der Waals surface area contributed by atoms with Gasteiger partial charge in [0.25, 0.3) is 0 Å². The van der Waals surface area contributed by atoms with Crippen LogP contribution in [0, 0.1) is 0 Å². The zero-order valence-electron chi connectivity index (χ0n) is 10.4. The number of hydrogen-bond acceptors (Lipinski definition) is 3. The SMILES string of the molecule is COCCOc1ccc(C(Br)c2cccs2)cc1Br. The Kier molecular flexibility index (Phi) is 5.88. The van der Waals surface area contributed by atoms with Gasteiger partial charge in [0.2, 0.25) is 0 Å². The van der Waals surface area contributed by atoms with E-state index in [1.54, 1.807) is 18.4 Å². The van der Waals surface area contributed by atoms with Gasteiger partial charge in [-0.25, -0.2) is 0 Å². The Labute approximate surface area is 134 Å². The van der Waals surface area contributed by atoms with Gasteiger partial charge in [-0.2, -0.15) is 0 Å². The van der Waals surface area contributed by atoms with Crippen molar-refractivity contribution in [1.29, 1.82) is 0 Å². The largest absolute Gasteiger partial charge is 0.490 e. The standard InChI is InChI=1S/C14H14Br2O2S/c1-17-6-7-18-12-5-4-10(9-11(12)15)14(16)13-3-2-8-19-13/h2-5,8-9,14H,6-7H2,1H3. The molecule has 5 heteroatoms. The van der Waals surface area contributed by atoms with Crippen LogP contribution in [0.3, 0.4) is 0 Å². The highest BCUT2D eigenvalue weighted by atomic mass is 79.9. The number of alkyl halides is 1. The van der Waals surface area contributed by atoms with Crippen LogP contribution in [0.4, 0.5) is 0 Å². The Hall–Kier alpha value is -0.360. The van der Waals surface area contributed by atoms with Crippen molar-refractivity contribution >= 4 is 43.2 Å². The van der Waals surface area contributed by atoms with E-state index >= 15 is 0 Å². The molecule has 2 aromatic rings. The van der Waals surface area contributed by atoms with Gasteiger partial charge in [-0.15, -0.1) is 11.3 Å². The van der Waals surface area contributed by atoms with Gasteiger partial charge < -0.3 is 9.47 Å². The molecule has 0 bridgehead atoms. The van der Waals surface area contributed by atoms with Crippen LogP contribution in [0.2, 0.25) is 0 Å². The summed E-state index contributed by atoms with van der Waals surface area (Å²) in [5, 5.41) is 2.08. The highest BCUT2D eigenvalue weighted by Crippen LogP contribution is 2.37. The number of thiophene rings is 1. The molecule has 1 atom stereocenters. The summed E-state index contributed by atoms with van der Waals surface area (Å²) >= 11 is 9.02. The van der Waals surface area contributed by atoms with Gasteiger partial charge >= 0.3 is 0 Å². The van der Waals surface area contributed by atoms with Gasteiger partial charge in [-0.05, 0) is 45.1 Å². The summed E-state index contributed by atoms with van der Waals surface area (Å²) in [4.78, 5) is 1.51. The van der Waals surface area contributed by atoms with Gasteiger partial charge in [0.15, 0.2) is 0 Å². The minimum absolute atomic E-state index is 0.219. The van der Waals surface area contributed by atoms with Crippen molar-refractivity contribution in [1.82, 2.24) is 0 Å². The highest BCUT2D eigenvalue weighted by molar-refractivity contribution is 9.10. The van der Waals surface area contributed by atoms with Crippen LogP contribution in [-0.2, 0) is 4.74 Å². The molecule has 2 nitrogen and oxygen atoms in total. The maximum absolute atomic E-state index is 5.62. The van der Waals surface area contributed by atoms with Crippen molar-refractivity contribution in [2.45, 2.75) is 4.83 Å². The molecule has 0 amide bonds. The average molecular weight is 406 g/mol. The number of methoxy groups -OCH3 is 1. The molecule has 102 valence electrons. The fourth-order valence-electron chi connectivity index (χ4n) is 1.63. The molecule has 0 spiro atoms. The van der Waals surface area contributed by atoms with Crippen LogP contribution in [0.25, 0.3) is 0 Å². The van der Waals surface area contributed by atoms with Gasteiger partial charge in [-0.1, -0.05) is 28.1 Å². The Morgan fingerprint density at radius 1 is 1.26 bits per heavy atom. The predicted octanol–water partition coefficient (Wildman–Crippen LogP) is 5.02. The van der Waals surface area contributed by atoms with E-state index < -0.39 is 0 Å². The fraction of sp³-hybridized carbons (Fsp3) is 0.286. The molecular formula is C14H14Br2O2S. The van der Waals surface area contributed by atoms with Crippen molar-refractivity contribution in [2.24, 2.45) is 0 Å². The van der Waals surface area contributed by atoms with Crippen LogP contribution in [0.5, 0.6) is 5.75 Å². The lowest BCUT2D eigenvalue weighted by atomic mass is 10.1. The molecular weight excluding hydrogens is 392 g/mol. The van der Waals surface area contributed by atoms with Crippen LogP contribution >= 0.6 is 43.2 Å². The molecule has 0 fully saturated rings. The lowest BCUT2D eigenvalue weighted by Crippen LogP contribution is -2.04. The molecule has 1 aromatic carbocycles. The summed E-state index contributed by atoms with van der Waals surface area (Å²) in [6.07, 6.45) is 0. The van der Waals surface area contributed by atoms with Crippen LogP contribution in [-0.4, -0.2) is 20.3 Å². The summed E-state index contributed by atoms with van der Waals surface area (Å²) in [5.41, 5.74) is 1.20. The minimum Gasteiger partial charge on any atom is -0.490 e. The number of benzene rings is 1. The zero-order chi connectivity index (χ0) is 13.7. The lowest BCUT2D eigenvalue weighted by molar-refractivity contribution is 0.146. The highest BCUT2D eigenvalue weighted by Gasteiger charge is 2.13. The molecule has 0 N–H and O–H groups in total. The molecule has 19 heavy (non-hydrogen) atoms. The first-order chi connectivity index (χ1) is 9.22. The molecule has 1 unspecified atom stereocenters. The molecule has 0 aliphatic carbocycles. The van der Waals surface area contributed by atoms with E-state index in [0.29, 0.717) is 13.2 Å². The molecule has 0 saturated carbocycles. The van der Waals surface area contributed by atoms with Gasteiger partial charge in [0, 0.05) is 12.0 Å². The van der Waals surface area contributed by atoms with E-state index in [-0.39, 0.29) is 4.83 Å². The van der Waals surface area contributed by atoms with E-state index in [1.165, 1.54) is 10.4 Å². The Morgan fingerprint density at radius 2 is 2.11 bits per heavy atom. The molecule has 1 heterocycles. The first-order valence-electron chi connectivity index (χ1n) is 5.81. The van der Waals surface area contributed by atoms with Crippen LogP contribution < -0.4 is 4.74 Å². The molecule has 1 aromatic heterocycles. The smallest absolute Gasteiger partial charge is 0.133 e. The number of rotatable bonds is 6. The maximum Gasteiger partial charge on any atom is 0.133 e. The van der Waals surface area contributed by atoms with E-state index in [9.17, 15) is 0 Å². The summed E-state index contributed by atoms with van der Waals surface area (Å²) in [7, 11) is 1.66. The second kappa shape index (κ2) is 7.43. The quantitative estimate of drug-likeness (QED) is 0.496. The van der Waals surface area contributed by atoms with E-state index in [1.807, 2.05) is 6.07 Å². The zero-order valence-corrected chi connectivity index (χ0v) is 14.4. The van der Waals surface area contributed by atoms with E-state index in [4.69, 9.17) is 9.47 Å². The normalized spacial score (nSPS) is 12.4.